The monoisotopic (exact) mass is 218 g/mol. The molecular formula is C13H18N2O. The van der Waals surface area contributed by atoms with Crippen LogP contribution in [0.15, 0.2) is 18.2 Å². The first kappa shape index (κ1) is 11.0. The van der Waals surface area contributed by atoms with Crippen LogP contribution in [0.3, 0.4) is 0 Å². The summed E-state index contributed by atoms with van der Waals surface area (Å²) in [6.45, 7) is 4.08. The minimum absolute atomic E-state index is 0.0213. The van der Waals surface area contributed by atoms with Crippen molar-refractivity contribution >= 4 is 11.6 Å². The van der Waals surface area contributed by atoms with Crippen LogP contribution >= 0.6 is 0 Å². The molecule has 0 aromatic heterocycles. The van der Waals surface area contributed by atoms with Crippen molar-refractivity contribution in [3.63, 3.8) is 0 Å². The van der Waals surface area contributed by atoms with Crippen LogP contribution in [0.4, 0.5) is 5.69 Å². The zero-order valence-electron chi connectivity index (χ0n) is 10.1. The van der Waals surface area contributed by atoms with E-state index in [1.807, 2.05) is 32.2 Å². The van der Waals surface area contributed by atoms with Crippen LogP contribution in [0.2, 0.25) is 0 Å². The molecular weight excluding hydrogens is 200 g/mol. The Balaban J connectivity index is 2.24. The number of nitrogens with one attached hydrogen (secondary N) is 2. The maximum absolute atomic E-state index is 12.1. The fourth-order valence-electron chi connectivity index (χ4n) is 1.72. The van der Waals surface area contributed by atoms with Gasteiger partial charge in [0.15, 0.2) is 0 Å². The van der Waals surface area contributed by atoms with Crippen LogP contribution in [-0.4, -0.2) is 18.5 Å². The van der Waals surface area contributed by atoms with Gasteiger partial charge in [-0.05, 0) is 38.8 Å². The molecule has 1 amide bonds. The molecule has 1 aliphatic carbocycles. The van der Waals surface area contributed by atoms with E-state index in [4.69, 9.17) is 0 Å². The Hall–Kier alpha value is -1.51. The van der Waals surface area contributed by atoms with Crippen molar-refractivity contribution in [3.05, 3.63) is 29.3 Å². The van der Waals surface area contributed by atoms with Crippen LogP contribution in [-0.2, 0) is 0 Å². The molecule has 0 radical (unpaired) electrons. The van der Waals surface area contributed by atoms with Gasteiger partial charge < -0.3 is 10.6 Å². The summed E-state index contributed by atoms with van der Waals surface area (Å²) in [4.78, 5) is 12.1. The molecule has 2 N–H and O–H groups in total. The summed E-state index contributed by atoms with van der Waals surface area (Å²) in [5.41, 5.74) is 2.75. The number of amides is 1. The summed E-state index contributed by atoms with van der Waals surface area (Å²) in [6.07, 6.45) is 2.17. The lowest BCUT2D eigenvalue weighted by Gasteiger charge is -2.14. The number of hydrogen-bond donors (Lipinski definition) is 2. The molecule has 86 valence electrons. The third-order valence-corrected chi connectivity index (χ3v) is 3.10. The highest BCUT2D eigenvalue weighted by Gasteiger charge is 2.39. The van der Waals surface area contributed by atoms with E-state index in [9.17, 15) is 4.79 Å². The van der Waals surface area contributed by atoms with E-state index in [1.165, 1.54) is 0 Å². The first-order valence-corrected chi connectivity index (χ1v) is 5.65. The third-order valence-electron chi connectivity index (χ3n) is 3.10. The highest BCUT2D eigenvalue weighted by atomic mass is 16.1. The maximum Gasteiger partial charge on any atom is 0.253 e. The molecule has 0 bridgehead atoms. The van der Waals surface area contributed by atoms with Crippen LogP contribution in [0.5, 0.6) is 0 Å². The van der Waals surface area contributed by atoms with Crippen LogP contribution in [0.1, 0.15) is 35.7 Å². The Morgan fingerprint density at radius 1 is 1.38 bits per heavy atom. The summed E-state index contributed by atoms with van der Waals surface area (Å²) in [5.74, 6) is 0.0213. The van der Waals surface area contributed by atoms with Gasteiger partial charge in [0.25, 0.3) is 5.91 Å². The van der Waals surface area contributed by atoms with Gasteiger partial charge in [0.2, 0.25) is 0 Å². The van der Waals surface area contributed by atoms with E-state index in [1.54, 1.807) is 0 Å². The Labute approximate surface area is 96.2 Å². The van der Waals surface area contributed by atoms with Gasteiger partial charge in [0.05, 0.1) is 5.56 Å². The lowest BCUT2D eigenvalue weighted by atomic mass is 10.1. The fraction of sp³-hybridized carbons (Fsp3) is 0.462. The lowest BCUT2D eigenvalue weighted by molar-refractivity contribution is 0.0936. The van der Waals surface area contributed by atoms with Crippen LogP contribution in [0, 0.1) is 6.92 Å². The van der Waals surface area contributed by atoms with E-state index in [0.29, 0.717) is 0 Å². The summed E-state index contributed by atoms with van der Waals surface area (Å²) in [5, 5.41) is 6.12. The molecule has 0 spiro atoms. The molecule has 0 aliphatic heterocycles. The van der Waals surface area contributed by atoms with Gasteiger partial charge in [-0.15, -0.1) is 0 Å². The second kappa shape index (κ2) is 3.81. The number of aryl methyl sites for hydroxylation is 1. The molecule has 0 heterocycles. The second-order valence-electron chi connectivity index (χ2n) is 4.81. The Kier molecular flexibility index (Phi) is 2.62. The summed E-state index contributed by atoms with van der Waals surface area (Å²) in [6, 6.07) is 5.87. The van der Waals surface area contributed by atoms with Gasteiger partial charge in [-0.25, -0.2) is 0 Å². The molecule has 1 aromatic rings. The van der Waals surface area contributed by atoms with E-state index in [0.717, 1.165) is 29.7 Å². The fourth-order valence-corrected chi connectivity index (χ4v) is 1.72. The predicted molar refractivity (Wildman–Crippen MR) is 65.8 cm³/mol. The van der Waals surface area contributed by atoms with E-state index < -0.39 is 0 Å². The Morgan fingerprint density at radius 2 is 2.06 bits per heavy atom. The van der Waals surface area contributed by atoms with Gasteiger partial charge >= 0.3 is 0 Å². The average molecular weight is 218 g/mol. The number of rotatable bonds is 3. The smallest absolute Gasteiger partial charge is 0.253 e. The molecule has 0 unspecified atom stereocenters. The second-order valence-corrected chi connectivity index (χ2v) is 4.81. The minimum Gasteiger partial charge on any atom is -0.387 e. The van der Waals surface area contributed by atoms with Gasteiger partial charge in [0.1, 0.15) is 0 Å². The maximum atomic E-state index is 12.1. The number of anilines is 1. The number of carbonyl (C=O) groups is 1. The molecule has 1 aromatic carbocycles. The Bertz CT molecular complexity index is 422. The SMILES string of the molecule is CNc1ccc(C)cc1C(=O)NC1(C)CC1. The van der Waals surface area contributed by atoms with Crippen molar-refractivity contribution < 1.29 is 4.79 Å². The highest BCUT2D eigenvalue weighted by molar-refractivity contribution is 6.00. The first-order valence-electron chi connectivity index (χ1n) is 5.65. The lowest BCUT2D eigenvalue weighted by Crippen LogP contribution is -2.34. The normalized spacial score (nSPS) is 16.7. The van der Waals surface area contributed by atoms with Crippen molar-refractivity contribution in [2.75, 3.05) is 12.4 Å². The van der Waals surface area contributed by atoms with Gasteiger partial charge in [-0.2, -0.15) is 0 Å². The molecule has 2 rings (SSSR count). The molecule has 1 saturated carbocycles. The quantitative estimate of drug-likeness (QED) is 0.817. The molecule has 1 aliphatic rings. The number of benzene rings is 1. The zero-order valence-corrected chi connectivity index (χ0v) is 10.1. The van der Waals surface area contributed by atoms with Crippen LogP contribution in [0.25, 0.3) is 0 Å². The third kappa shape index (κ3) is 2.18. The molecule has 1 fully saturated rings. The van der Waals surface area contributed by atoms with Crippen LogP contribution < -0.4 is 10.6 Å². The summed E-state index contributed by atoms with van der Waals surface area (Å²) in [7, 11) is 1.83. The zero-order chi connectivity index (χ0) is 11.8. The predicted octanol–water partition coefficient (Wildman–Crippen LogP) is 2.32. The van der Waals surface area contributed by atoms with Crippen molar-refractivity contribution in [1.29, 1.82) is 0 Å². The topological polar surface area (TPSA) is 41.1 Å². The van der Waals surface area contributed by atoms with Crippen molar-refractivity contribution in [2.45, 2.75) is 32.2 Å². The van der Waals surface area contributed by atoms with E-state index in [2.05, 4.69) is 17.6 Å². The first-order chi connectivity index (χ1) is 7.54. The standard InChI is InChI=1S/C13H18N2O/c1-9-4-5-11(14-3)10(8-9)12(16)15-13(2)6-7-13/h4-5,8,14H,6-7H2,1-3H3,(H,15,16). The molecule has 3 nitrogen and oxygen atoms in total. The van der Waals surface area contributed by atoms with Crippen molar-refractivity contribution in [3.8, 4) is 0 Å². The molecule has 3 heteroatoms. The summed E-state index contributed by atoms with van der Waals surface area (Å²) >= 11 is 0. The van der Waals surface area contributed by atoms with Crippen molar-refractivity contribution in [2.24, 2.45) is 0 Å². The van der Waals surface area contributed by atoms with E-state index in [-0.39, 0.29) is 11.4 Å². The van der Waals surface area contributed by atoms with E-state index >= 15 is 0 Å². The van der Waals surface area contributed by atoms with Gasteiger partial charge in [-0.1, -0.05) is 11.6 Å². The van der Waals surface area contributed by atoms with Crippen molar-refractivity contribution in [1.82, 2.24) is 5.32 Å². The molecule has 0 atom stereocenters. The minimum atomic E-state index is 0.0213. The molecule has 16 heavy (non-hydrogen) atoms. The van der Waals surface area contributed by atoms with Gasteiger partial charge in [0, 0.05) is 18.3 Å². The Morgan fingerprint density at radius 3 is 2.62 bits per heavy atom. The number of carbonyl (C=O) groups excluding carboxylic acids is 1. The summed E-state index contributed by atoms with van der Waals surface area (Å²) < 4.78 is 0. The largest absolute Gasteiger partial charge is 0.387 e. The average Bonchev–Trinajstić information content (AvgIpc) is 2.96. The molecule has 0 saturated heterocycles. The van der Waals surface area contributed by atoms with Gasteiger partial charge in [-0.3, -0.25) is 4.79 Å². The highest BCUT2D eigenvalue weighted by Crippen LogP contribution is 2.34. The number of hydrogen-bond acceptors (Lipinski definition) is 2.